The molecule has 0 aliphatic rings. The summed E-state index contributed by atoms with van der Waals surface area (Å²) in [5, 5.41) is 14.7. The molecule has 0 spiro atoms. The molecule has 0 fully saturated rings. The van der Waals surface area contributed by atoms with Crippen LogP contribution in [0.5, 0.6) is 0 Å². The number of pyridine rings is 1. The smallest absolute Gasteiger partial charge is 0.384 e. The summed E-state index contributed by atoms with van der Waals surface area (Å²) in [6.07, 6.45) is -2.29. The van der Waals surface area contributed by atoms with E-state index in [1.54, 1.807) is 30.3 Å². The van der Waals surface area contributed by atoms with Crippen molar-refractivity contribution in [2.45, 2.75) is 30.5 Å². The molecular weight excluding hydrogens is 487 g/mol. The quantitative estimate of drug-likeness (QED) is 0.396. The van der Waals surface area contributed by atoms with Crippen molar-refractivity contribution in [1.82, 2.24) is 14.8 Å². The normalized spacial score (nSPS) is 12.8. The number of alkyl halides is 3. The Morgan fingerprint density at radius 3 is 2.35 bits per heavy atom. The van der Waals surface area contributed by atoms with Crippen LogP contribution in [-0.2, 0) is 21.6 Å². The maximum atomic E-state index is 13.7. The molecule has 3 heterocycles. The molecule has 178 valence electrons. The van der Waals surface area contributed by atoms with Crippen molar-refractivity contribution < 1.29 is 26.7 Å². The van der Waals surface area contributed by atoms with Crippen molar-refractivity contribution in [3.63, 3.8) is 0 Å². The fourth-order valence-electron chi connectivity index (χ4n) is 3.31. The predicted molar refractivity (Wildman–Crippen MR) is 123 cm³/mol. The molecule has 0 bridgehead atoms. The summed E-state index contributed by atoms with van der Waals surface area (Å²) in [7, 11) is -3.41. The molecule has 3 aromatic heterocycles. The van der Waals surface area contributed by atoms with Crippen LogP contribution in [-0.4, -0.2) is 34.5 Å². The number of hydrogen-bond donors (Lipinski definition) is 1. The lowest BCUT2D eigenvalue weighted by atomic mass is 10.1. The van der Waals surface area contributed by atoms with Crippen molar-refractivity contribution in [2.24, 2.45) is 0 Å². The lowest BCUT2D eigenvalue weighted by Gasteiger charge is -2.14. The fraction of sp³-hybridized carbons (Fsp3) is 0.217. The number of thiophene rings is 1. The molecule has 6 nitrogen and oxygen atoms in total. The SMILES string of the molecule is CC(C)(O)c1cc(-c2ccc(-c3cccc(S(C)(=O)=O)c3)s2)n(-c2ncccc2C(F)(F)F)n1. The highest BCUT2D eigenvalue weighted by molar-refractivity contribution is 7.90. The second kappa shape index (κ2) is 8.33. The Kier molecular flexibility index (Phi) is 5.91. The van der Waals surface area contributed by atoms with Crippen LogP contribution >= 0.6 is 11.3 Å². The molecule has 0 unspecified atom stereocenters. The molecule has 4 rings (SSSR count). The molecule has 0 saturated heterocycles. The first-order valence-corrected chi connectivity index (χ1v) is 12.7. The minimum Gasteiger partial charge on any atom is -0.384 e. The molecule has 34 heavy (non-hydrogen) atoms. The third-order valence-electron chi connectivity index (χ3n) is 5.03. The van der Waals surface area contributed by atoms with Gasteiger partial charge in [-0.1, -0.05) is 12.1 Å². The largest absolute Gasteiger partial charge is 0.420 e. The Labute approximate surface area is 198 Å². The molecule has 0 aliphatic heterocycles. The van der Waals surface area contributed by atoms with Crippen LogP contribution < -0.4 is 0 Å². The van der Waals surface area contributed by atoms with E-state index in [-0.39, 0.29) is 10.6 Å². The van der Waals surface area contributed by atoms with Gasteiger partial charge in [0.15, 0.2) is 15.7 Å². The van der Waals surface area contributed by atoms with Gasteiger partial charge in [-0.2, -0.15) is 18.3 Å². The van der Waals surface area contributed by atoms with Crippen LogP contribution in [0.1, 0.15) is 25.1 Å². The zero-order chi connectivity index (χ0) is 24.9. The van der Waals surface area contributed by atoms with E-state index in [9.17, 15) is 26.7 Å². The molecule has 1 aromatic carbocycles. The number of halogens is 3. The second-order valence-electron chi connectivity index (χ2n) is 8.22. The van der Waals surface area contributed by atoms with E-state index in [1.807, 2.05) is 0 Å². The maximum Gasteiger partial charge on any atom is 0.420 e. The van der Waals surface area contributed by atoms with Crippen LogP contribution in [0.15, 0.2) is 65.7 Å². The lowest BCUT2D eigenvalue weighted by Crippen LogP contribution is -2.18. The Morgan fingerprint density at radius 1 is 1.00 bits per heavy atom. The Hall–Kier alpha value is -3.02. The van der Waals surface area contributed by atoms with Gasteiger partial charge in [-0.05, 0) is 61.9 Å². The zero-order valence-corrected chi connectivity index (χ0v) is 20.0. The highest BCUT2D eigenvalue weighted by Gasteiger charge is 2.36. The van der Waals surface area contributed by atoms with E-state index in [0.29, 0.717) is 16.1 Å². The average molecular weight is 508 g/mol. The topological polar surface area (TPSA) is 85.1 Å². The third kappa shape index (κ3) is 4.77. The minimum atomic E-state index is -4.66. The summed E-state index contributed by atoms with van der Waals surface area (Å²) in [6.45, 7) is 2.98. The highest BCUT2D eigenvalue weighted by atomic mass is 32.2. The van der Waals surface area contributed by atoms with Crippen LogP contribution in [0, 0.1) is 0 Å². The summed E-state index contributed by atoms with van der Waals surface area (Å²) in [5.41, 5.74) is -1.22. The molecular formula is C23H20F3N3O3S2. The predicted octanol–water partition coefficient (Wildman–Crippen LogP) is 5.31. The zero-order valence-electron chi connectivity index (χ0n) is 18.3. The first kappa shape index (κ1) is 24.1. The second-order valence-corrected chi connectivity index (χ2v) is 11.3. The molecule has 4 aromatic rings. The summed E-state index contributed by atoms with van der Waals surface area (Å²) < 4.78 is 66.0. The van der Waals surface area contributed by atoms with Crippen molar-refractivity contribution in [3.8, 4) is 26.8 Å². The number of aliphatic hydroxyl groups is 1. The minimum absolute atomic E-state index is 0.164. The van der Waals surface area contributed by atoms with E-state index in [4.69, 9.17) is 0 Å². The van der Waals surface area contributed by atoms with Gasteiger partial charge in [0.1, 0.15) is 11.2 Å². The first-order chi connectivity index (χ1) is 15.7. The first-order valence-electron chi connectivity index (χ1n) is 10.0. The Bertz CT molecular complexity index is 1470. The Morgan fingerprint density at radius 2 is 1.71 bits per heavy atom. The van der Waals surface area contributed by atoms with Gasteiger partial charge in [0.2, 0.25) is 0 Å². The Balaban J connectivity index is 1.88. The fourth-order valence-corrected chi connectivity index (χ4v) is 4.99. The third-order valence-corrected chi connectivity index (χ3v) is 7.30. The van der Waals surface area contributed by atoms with Crippen molar-refractivity contribution in [2.75, 3.05) is 6.26 Å². The van der Waals surface area contributed by atoms with E-state index in [1.165, 1.54) is 49.6 Å². The van der Waals surface area contributed by atoms with Gasteiger partial charge in [0.25, 0.3) is 0 Å². The molecule has 0 radical (unpaired) electrons. The van der Waals surface area contributed by atoms with Crippen LogP contribution in [0.3, 0.4) is 0 Å². The van der Waals surface area contributed by atoms with Gasteiger partial charge in [-0.25, -0.2) is 18.1 Å². The molecule has 0 aliphatic carbocycles. The lowest BCUT2D eigenvalue weighted by molar-refractivity contribution is -0.137. The van der Waals surface area contributed by atoms with Crippen molar-refractivity contribution >= 4 is 21.2 Å². The van der Waals surface area contributed by atoms with Gasteiger partial charge < -0.3 is 5.11 Å². The van der Waals surface area contributed by atoms with Crippen LogP contribution in [0.2, 0.25) is 0 Å². The molecule has 0 atom stereocenters. The van der Waals surface area contributed by atoms with E-state index < -0.39 is 33.0 Å². The number of benzene rings is 1. The van der Waals surface area contributed by atoms with E-state index >= 15 is 0 Å². The number of hydrogen-bond acceptors (Lipinski definition) is 6. The van der Waals surface area contributed by atoms with E-state index in [0.717, 1.165) is 21.9 Å². The standard InChI is InChI=1S/C23H20F3N3O3S2/c1-22(2,30)20-13-17(29(28-20)21-16(23(24,25)26)8-5-11-27-21)19-10-9-18(33-19)14-6-4-7-15(12-14)34(3,31)32/h4-13,30H,1-3H3. The number of rotatable bonds is 5. The van der Waals surface area contributed by atoms with Crippen LogP contribution in [0.4, 0.5) is 13.2 Å². The molecule has 0 saturated carbocycles. The van der Waals surface area contributed by atoms with Gasteiger partial charge in [0, 0.05) is 17.3 Å². The van der Waals surface area contributed by atoms with Gasteiger partial charge in [0.05, 0.1) is 21.2 Å². The van der Waals surface area contributed by atoms with Gasteiger partial charge >= 0.3 is 6.18 Å². The molecule has 1 N–H and O–H groups in total. The highest BCUT2D eigenvalue weighted by Crippen LogP contribution is 2.39. The monoisotopic (exact) mass is 507 g/mol. The molecule has 0 amide bonds. The number of aromatic nitrogens is 3. The number of sulfone groups is 1. The van der Waals surface area contributed by atoms with Gasteiger partial charge in [-0.15, -0.1) is 11.3 Å². The average Bonchev–Trinajstić information content (AvgIpc) is 3.40. The summed E-state index contributed by atoms with van der Waals surface area (Å²) in [6, 6.07) is 13.5. The molecule has 11 heteroatoms. The van der Waals surface area contributed by atoms with E-state index in [2.05, 4.69) is 10.1 Å². The van der Waals surface area contributed by atoms with Crippen molar-refractivity contribution in [3.05, 3.63) is 72.1 Å². The van der Waals surface area contributed by atoms with Gasteiger partial charge in [-0.3, -0.25) is 0 Å². The number of nitrogens with zero attached hydrogens (tertiary/aromatic N) is 3. The maximum absolute atomic E-state index is 13.7. The van der Waals surface area contributed by atoms with Crippen LogP contribution in [0.25, 0.3) is 26.8 Å². The summed E-state index contributed by atoms with van der Waals surface area (Å²) in [5.74, 6) is -0.408. The summed E-state index contributed by atoms with van der Waals surface area (Å²) in [4.78, 5) is 5.39. The van der Waals surface area contributed by atoms with Crippen molar-refractivity contribution in [1.29, 1.82) is 0 Å². The summed E-state index contributed by atoms with van der Waals surface area (Å²) >= 11 is 1.26.